The standard InChI is InChI=1S/C14H9FO4/c15-12-3-1-9(14(18)19)6-11(12)8-2-4-13(17)10(5-8)7-16/h1-7,17H,(H,18,19). The second-order valence-corrected chi connectivity index (χ2v) is 3.89. The Labute approximate surface area is 107 Å². The number of hydrogen-bond acceptors (Lipinski definition) is 3. The summed E-state index contributed by atoms with van der Waals surface area (Å²) in [5, 5.41) is 18.2. The van der Waals surface area contributed by atoms with Gasteiger partial charge in [-0.15, -0.1) is 0 Å². The summed E-state index contributed by atoms with van der Waals surface area (Å²) >= 11 is 0. The van der Waals surface area contributed by atoms with Crippen LogP contribution in [0.2, 0.25) is 0 Å². The van der Waals surface area contributed by atoms with Crippen LogP contribution < -0.4 is 0 Å². The van der Waals surface area contributed by atoms with Gasteiger partial charge in [0.2, 0.25) is 0 Å². The zero-order valence-corrected chi connectivity index (χ0v) is 9.63. The maximum absolute atomic E-state index is 13.7. The molecule has 0 saturated carbocycles. The highest BCUT2D eigenvalue weighted by atomic mass is 19.1. The van der Waals surface area contributed by atoms with Crippen LogP contribution >= 0.6 is 0 Å². The molecule has 0 amide bonds. The number of halogens is 1. The minimum atomic E-state index is -1.17. The first-order valence-corrected chi connectivity index (χ1v) is 5.34. The molecule has 0 aliphatic carbocycles. The van der Waals surface area contributed by atoms with Crippen LogP contribution in [0.4, 0.5) is 4.39 Å². The fourth-order valence-corrected chi connectivity index (χ4v) is 1.70. The Morgan fingerprint density at radius 2 is 1.89 bits per heavy atom. The molecule has 5 heteroatoms. The van der Waals surface area contributed by atoms with E-state index in [-0.39, 0.29) is 22.4 Å². The number of aldehydes is 1. The smallest absolute Gasteiger partial charge is 0.335 e. The highest BCUT2D eigenvalue weighted by molar-refractivity contribution is 5.90. The van der Waals surface area contributed by atoms with Crippen LogP contribution in [0, 0.1) is 5.82 Å². The molecule has 0 bridgehead atoms. The molecule has 0 aliphatic heterocycles. The fourth-order valence-electron chi connectivity index (χ4n) is 1.70. The average molecular weight is 260 g/mol. The predicted octanol–water partition coefficient (Wildman–Crippen LogP) is 2.71. The second-order valence-electron chi connectivity index (χ2n) is 3.89. The number of hydrogen-bond donors (Lipinski definition) is 2. The lowest BCUT2D eigenvalue weighted by Gasteiger charge is -2.06. The number of carboxylic acid groups (broad SMARTS) is 1. The van der Waals surface area contributed by atoms with Gasteiger partial charge in [0.05, 0.1) is 11.1 Å². The third-order valence-corrected chi connectivity index (χ3v) is 2.68. The minimum Gasteiger partial charge on any atom is -0.507 e. The van der Waals surface area contributed by atoms with Gasteiger partial charge < -0.3 is 10.2 Å². The number of benzene rings is 2. The van der Waals surface area contributed by atoms with E-state index < -0.39 is 11.8 Å². The number of carbonyl (C=O) groups excluding carboxylic acids is 1. The van der Waals surface area contributed by atoms with Gasteiger partial charge in [0, 0.05) is 5.56 Å². The van der Waals surface area contributed by atoms with Crippen LogP contribution in [-0.2, 0) is 0 Å². The summed E-state index contributed by atoms with van der Waals surface area (Å²) in [7, 11) is 0. The van der Waals surface area contributed by atoms with E-state index in [0.717, 1.165) is 12.1 Å². The summed E-state index contributed by atoms with van der Waals surface area (Å²) < 4.78 is 13.7. The number of phenolic OH excluding ortho intramolecular Hbond substituents is 1. The van der Waals surface area contributed by atoms with Gasteiger partial charge in [-0.1, -0.05) is 6.07 Å². The molecule has 96 valence electrons. The molecule has 0 atom stereocenters. The van der Waals surface area contributed by atoms with Crippen molar-refractivity contribution in [3.63, 3.8) is 0 Å². The lowest BCUT2D eigenvalue weighted by Crippen LogP contribution is -1.98. The Morgan fingerprint density at radius 1 is 1.16 bits per heavy atom. The summed E-state index contributed by atoms with van der Waals surface area (Å²) in [5.74, 6) is -1.99. The van der Waals surface area contributed by atoms with E-state index >= 15 is 0 Å². The van der Waals surface area contributed by atoms with E-state index in [1.807, 2.05) is 0 Å². The summed E-state index contributed by atoms with van der Waals surface area (Å²) in [5.41, 5.74) is 0.332. The number of phenols is 1. The molecule has 2 rings (SSSR count). The van der Waals surface area contributed by atoms with Gasteiger partial charge >= 0.3 is 5.97 Å². The third kappa shape index (κ3) is 2.44. The molecule has 0 saturated heterocycles. The molecule has 0 radical (unpaired) electrons. The van der Waals surface area contributed by atoms with Gasteiger partial charge in [-0.05, 0) is 35.9 Å². The van der Waals surface area contributed by atoms with E-state index in [0.29, 0.717) is 11.8 Å². The second kappa shape index (κ2) is 4.89. The van der Waals surface area contributed by atoms with Crippen molar-refractivity contribution in [2.45, 2.75) is 0 Å². The molecule has 4 nitrogen and oxygen atoms in total. The monoisotopic (exact) mass is 260 g/mol. The number of carboxylic acids is 1. The van der Waals surface area contributed by atoms with Gasteiger partial charge in [-0.25, -0.2) is 9.18 Å². The van der Waals surface area contributed by atoms with E-state index in [1.165, 1.54) is 24.3 Å². The zero-order chi connectivity index (χ0) is 14.0. The predicted molar refractivity (Wildman–Crippen MR) is 65.8 cm³/mol. The van der Waals surface area contributed by atoms with Gasteiger partial charge in [-0.2, -0.15) is 0 Å². The fraction of sp³-hybridized carbons (Fsp3) is 0. The largest absolute Gasteiger partial charge is 0.507 e. The van der Waals surface area contributed by atoms with Crippen LogP contribution in [0.25, 0.3) is 11.1 Å². The highest BCUT2D eigenvalue weighted by Gasteiger charge is 2.11. The van der Waals surface area contributed by atoms with Gasteiger partial charge in [0.25, 0.3) is 0 Å². The Hall–Kier alpha value is -2.69. The molecule has 0 unspecified atom stereocenters. The lowest BCUT2D eigenvalue weighted by atomic mass is 10.0. The Morgan fingerprint density at radius 3 is 2.53 bits per heavy atom. The SMILES string of the molecule is O=Cc1cc(-c2cc(C(=O)O)ccc2F)ccc1O. The lowest BCUT2D eigenvalue weighted by molar-refractivity contribution is 0.0696. The van der Waals surface area contributed by atoms with Gasteiger partial charge in [-0.3, -0.25) is 4.79 Å². The van der Waals surface area contributed by atoms with Crippen molar-refractivity contribution >= 4 is 12.3 Å². The van der Waals surface area contributed by atoms with Crippen molar-refractivity contribution in [3.05, 3.63) is 53.3 Å². The first kappa shape index (κ1) is 12.8. The summed E-state index contributed by atoms with van der Waals surface area (Å²) in [6.07, 6.45) is 0.442. The topological polar surface area (TPSA) is 74.6 Å². The maximum Gasteiger partial charge on any atom is 0.335 e. The normalized spacial score (nSPS) is 10.2. The molecular formula is C14H9FO4. The first-order valence-electron chi connectivity index (χ1n) is 5.34. The van der Waals surface area contributed by atoms with Crippen LogP contribution in [0.3, 0.4) is 0 Å². The van der Waals surface area contributed by atoms with Crippen LogP contribution in [0.15, 0.2) is 36.4 Å². The summed E-state index contributed by atoms with van der Waals surface area (Å²) in [6.45, 7) is 0. The average Bonchev–Trinajstić information content (AvgIpc) is 2.40. The number of carbonyl (C=O) groups is 2. The zero-order valence-electron chi connectivity index (χ0n) is 9.63. The Bertz CT molecular complexity index is 664. The van der Waals surface area contributed by atoms with Crippen molar-refractivity contribution in [1.29, 1.82) is 0 Å². The van der Waals surface area contributed by atoms with Gasteiger partial charge in [0.1, 0.15) is 11.6 Å². The molecular weight excluding hydrogens is 251 g/mol. The van der Waals surface area contributed by atoms with E-state index in [2.05, 4.69) is 0 Å². The molecule has 2 N–H and O–H groups in total. The Balaban J connectivity index is 2.60. The quantitative estimate of drug-likeness (QED) is 0.832. The molecule has 2 aromatic rings. The van der Waals surface area contributed by atoms with Crippen molar-refractivity contribution < 1.29 is 24.2 Å². The number of rotatable bonds is 3. The van der Waals surface area contributed by atoms with Crippen molar-refractivity contribution in [3.8, 4) is 16.9 Å². The molecule has 0 aromatic heterocycles. The Kier molecular flexibility index (Phi) is 3.29. The van der Waals surface area contributed by atoms with Crippen LogP contribution in [0.5, 0.6) is 5.75 Å². The maximum atomic E-state index is 13.7. The summed E-state index contributed by atoms with van der Waals surface area (Å²) in [4.78, 5) is 21.6. The van der Waals surface area contributed by atoms with E-state index in [9.17, 15) is 19.1 Å². The van der Waals surface area contributed by atoms with Crippen molar-refractivity contribution in [2.75, 3.05) is 0 Å². The molecule has 0 fully saturated rings. The van der Waals surface area contributed by atoms with Crippen molar-refractivity contribution in [2.24, 2.45) is 0 Å². The third-order valence-electron chi connectivity index (χ3n) is 2.68. The molecule has 0 spiro atoms. The van der Waals surface area contributed by atoms with E-state index in [4.69, 9.17) is 5.11 Å². The molecule has 0 aliphatic rings. The highest BCUT2D eigenvalue weighted by Crippen LogP contribution is 2.28. The molecule has 2 aromatic carbocycles. The van der Waals surface area contributed by atoms with E-state index in [1.54, 1.807) is 0 Å². The minimum absolute atomic E-state index is 0.0117. The first-order chi connectivity index (χ1) is 9.02. The van der Waals surface area contributed by atoms with Gasteiger partial charge in [0.15, 0.2) is 6.29 Å². The van der Waals surface area contributed by atoms with Crippen LogP contribution in [-0.4, -0.2) is 22.5 Å². The summed E-state index contributed by atoms with van der Waals surface area (Å²) in [6, 6.07) is 7.35. The molecule has 19 heavy (non-hydrogen) atoms. The van der Waals surface area contributed by atoms with Crippen LogP contribution in [0.1, 0.15) is 20.7 Å². The number of aromatic hydroxyl groups is 1. The number of aromatic carboxylic acids is 1. The van der Waals surface area contributed by atoms with Crippen molar-refractivity contribution in [1.82, 2.24) is 0 Å². The molecule has 0 heterocycles.